The lowest BCUT2D eigenvalue weighted by Gasteiger charge is -2.35. The molecule has 0 radical (unpaired) electrons. The van der Waals surface area contributed by atoms with Gasteiger partial charge < -0.3 is 21.0 Å². The second-order valence-corrected chi connectivity index (χ2v) is 9.78. The van der Waals surface area contributed by atoms with Gasteiger partial charge in [-0.3, -0.25) is 0 Å². The second-order valence-electron chi connectivity index (χ2n) is 9.78. The number of imidazole rings is 1. The Balaban J connectivity index is 1.46. The summed E-state index contributed by atoms with van der Waals surface area (Å²) in [7, 11) is 0. The summed E-state index contributed by atoms with van der Waals surface area (Å²) in [5.74, 6) is 1.57. The van der Waals surface area contributed by atoms with Gasteiger partial charge in [-0.1, -0.05) is 26.2 Å². The predicted octanol–water partition coefficient (Wildman–Crippen LogP) is 4.21. The Morgan fingerprint density at radius 1 is 1.00 bits per heavy atom. The molecule has 3 heterocycles. The number of nitrogens with zero attached hydrogens (tertiary/aromatic N) is 5. The number of hydrogen-bond donors (Lipinski definition) is 3. The van der Waals surface area contributed by atoms with Crippen LogP contribution in [-0.2, 0) is 0 Å². The van der Waals surface area contributed by atoms with Crippen molar-refractivity contribution in [3.8, 4) is 0 Å². The minimum atomic E-state index is 0.340. The minimum Gasteiger partial charge on any atom is -0.351 e. The number of anilines is 2. The highest BCUT2D eigenvalue weighted by Gasteiger charge is 2.26. The molecule has 8 nitrogen and oxygen atoms in total. The van der Waals surface area contributed by atoms with Gasteiger partial charge in [-0.05, 0) is 57.8 Å². The smallest absolute Gasteiger partial charge is 0.227 e. The van der Waals surface area contributed by atoms with E-state index in [1.807, 2.05) is 6.33 Å². The first-order valence-corrected chi connectivity index (χ1v) is 12.5. The Labute approximate surface area is 185 Å². The molecule has 2 saturated carbocycles. The average Bonchev–Trinajstić information content (AvgIpc) is 3.45. The van der Waals surface area contributed by atoms with Gasteiger partial charge in [-0.2, -0.15) is 9.97 Å². The van der Waals surface area contributed by atoms with E-state index in [0.29, 0.717) is 24.2 Å². The summed E-state index contributed by atoms with van der Waals surface area (Å²) in [6.45, 7) is 3.33. The van der Waals surface area contributed by atoms with Gasteiger partial charge in [-0.25, -0.2) is 9.99 Å². The van der Waals surface area contributed by atoms with Gasteiger partial charge in [0, 0.05) is 30.7 Å². The molecule has 31 heavy (non-hydrogen) atoms. The molecule has 2 aliphatic carbocycles. The van der Waals surface area contributed by atoms with Crippen LogP contribution in [0.25, 0.3) is 11.2 Å². The first-order chi connectivity index (χ1) is 15.2. The third-order valence-corrected chi connectivity index (χ3v) is 7.59. The van der Waals surface area contributed by atoms with Gasteiger partial charge in [0.15, 0.2) is 17.0 Å². The van der Waals surface area contributed by atoms with Crippen LogP contribution in [0, 0.1) is 0 Å². The highest BCUT2D eigenvalue weighted by Crippen LogP contribution is 2.34. The van der Waals surface area contributed by atoms with E-state index < -0.39 is 0 Å². The Bertz CT molecular complexity index is 866. The number of piperidine rings is 1. The van der Waals surface area contributed by atoms with Gasteiger partial charge in [0.05, 0.1) is 6.33 Å². The number of nitrogens with one attached hydrogen (secondary N) is 2. The standard InChI is InChI=1S/C23H38N8/c1-2-18-7-5-6-14-31(18)29-21-20-22(30(15-25-20)19-8-3-4-9-19)28-23(27-21)26-17-12-10-16(24)11-13-17/h15-19H,2-14,24H2,1H3,(H2,26,27,28,29). The van der Waals surface area contributed by atoms with Gasteiger partial charge in [0.2, 0.25) is 5.95 Å². The fraction of sp³-hybridized carbons (Fsp3) is 0.783. The summed E-state index contributed by atoms with van der Waals surface area (Å²) < 4.78 is 2.30. The van der Waals surface area contributed by atoms with Gasteiger partial charge in [0.25, 0.3) is 0 Å². The maximum atomic E-state index is 6.11. The van der Waals surface area contributed by atoms with E-state index in [-0.39, 0.29) is 0 Å². The molecule has 170 valence electrons. The quantitative estimate of drug-likeness (QED) is 0.636. The number of nitrogens with two attached hydrogens (primary N) is 1. The third-order valence-electron chi connectivity index (χ3n) is 7.59. The summed E-state index contributed by atoms with van der Waals surface area (Å²) in [5, 5.41) is 6.00. The molecule has 0 aromatic carbocycles. The number of aromatic nitrogens is 4. The Hall–Kier alpha value is -1.93. The Kier molecular flexibility index (Phi) is 6.27. The molecule has 0 amide bonds. The van der Waals surface area contributed by atoms with Crippen LogP contribution >= 0.6 is 0 Å². The highest BCUT2D eigenvalue weighted by molar-refractivity contribution is 5.84. The van der Waals surface area contributed by atoms with E-state index in [0.717, 1.165) is 61.6 Å². The first-order valence-electron chi connectivity index (χ1n) is 12.5. The maximum Gasteiger partial charge on any atom is 0.227 e. The zero-order valence-corrected chi connectivity index (χ0v) is 18.9. The van der Waals surface area contributed by atoms with Crippen molar-refractivity contribution in [3.05, 3.63) is 6.33 Å². The molecule has 2 aromatic rings. The van der Waals surface area contributed by atoms with Crippen LogP contribution in [0.3, 0.4) is 0 Å². The van der Waals surface area contributed by atoms with Gasteiger partial charge in [0.1, 0.15) is 0 Å². The third kappa shape index (κ3) is 4.51. The highest BCUT2D eigenvalue weighted by atomic mass is 15.5. The first kappa shape index (κ1) is 20.9. The average molecular weight is 427 g/mol. The van der Waals surface area contributed by atoms with E-state index >= 15 is 0 Å². The summed E-state index contributed by atoms with van der Waals surface area (Å²) in [6, 6.07) is 1.79. The molecule has 0 bridgehead atoms. The summed E-state index contributed by atoms with van der Waals surface area (Å²) >= 11 is 0. The van der Waals surface area contributed by atoms with Crippen molar-refractivity contribution < 1.29 is 0 Å². The molecule has 5 rings (SSSR count). The van der Waals surface area contributed by atoms with E-state index in [2.05, 4.69) is 27.2 Å². The van der Waals surface area contributed by atoms with Crippen molar-refractivity contribution in [2.45, 2.75) is 108 Å². The van der Waals surface area contributed by atoms with Crippen LogP contribution in [-0.4, -0.2) is 49.2 Å². The number of hydrogen-bond acceptors (Lipinski definition) is 7. The summed E-state index contributed by atoms with van der Waals surface area (Å²) in [4.78, 5) is 14.7. The molecule has 8 heteroatoms. The molecule has 0 spiro atoms. The van der Waals surface area contributed by atoms with Gasteiger partial charge >= 0.3 is 0 Å². The zero-order valence-electron chi connectivity index (χ0n) is 18.9. The topological polar surface area (TPSA) is 96.9 Å². The van der Waals surface area contributed by atoms with Crippen LogP contribution in [0.15, 0.2) is 6.33 Å². The molecule has 3 aliphatic rings. The number of hydrazine groups is 1. The molecule has 1 atom stereocenters. The zero-order chi connectivity index (χ0) is 21.2. The lowest BCUT2D eigenvalue weighted by atomic mass is 9.92. The number of rotatable bonds is 6. The van der Waals surface area contributed by atoms with E-state index in [4.69, 9.17) is 20.7 Å². The normalized spacial score (nSPS) is 28.3. The van der Waals surface area contributed by atoms with E-state index in [1.54, 1.807) is 0 Å². The van der Waals surface area contributed by atoms with Crippen LogP contribution < -0.4 is 16.5 Å². The van der Waals surface area contributed by atoms with Crippen LogP contribution in [0.1, 0.15) is 90.0 Å². The molecule has 4 N–H and O–H groups in total. The molecule has 1 aliphatic heterocycles. The molecule has 1 unspecified atom stereocenters. The van der Waals surface area contributed by atoms with Crippen molar-refractivity contribution in [2.24, 2.45) is 5.73 Å². The lowest BCUT2D eigenvalue weighted by molar-refractivity contribution is 0.178. The minimum absolute atomic E-state index is 0.340. The van der Waals surface area contributed by atoms with Crippen LogP contribution in [0.4, 0.5) is 11.8 Å². The van der Waals surface area contributed by atoms with Crippen molar-refractivity contribution in [1.82, 2.24) is 24.5 Å². The maximum absolute atomic E-state index is 6.11. The Morgan fingerprint density at radius 3 is 2.55 bits per heavy atom. The lowest BCUT2D eigenvalue weighted by Crippen LogP contribution is -2.43. The van der Waals surface area contributed by atoms with Crippen LogP contribution in [0.2, 0.25) is 0 Å². The summed E-state index contributed by atoms with van der Waals surface area (Å²) in [6.07, 6.45) is 16.2. The molecular weight excluding hydrogens is 388 g/mol. The largest absolute Gasteiger partial charge is 0.351 e. The van der Waals surface area contributed by atoms with E-state index in [9.17, 15) is 0 Å². The van der Waals surface area contributed by atoms with Crippen molar-refractivity contribution >= 4 is 22.9 Å². The van der Waals surface area contributed by atoms with E-state index in [1.165, 1.54) is 44.9 Å². The van der Waals surface area contributed by atoms with Crippen molar-refractivity contribution in [3.63, 3.8) is 0 Å². The monoisotopic (exact) mass is 426 g/mol. The second kappa shape index (κ2) is 9.28. The Morgan fingerprint density at radius 2 is 1.77 bits per heavy atom. The fourth-order valence-electron chi connectivity index (χ4n) is 5.66. The molecule has 1 saturated heterocycles. The van der Waals surface area contributed by atoms with Crippen LogP contribution in [0.5, 0.6) is 0 Å². The number of fused-ring (bicyclic) bond motifs is 1. The molecule has 2 aromatic heterocycles. The fourth-order valence-corrected chi connectivity index (χ4v) is 5.66. The molecular formula is C23H38N8. The van der Waals surface area contributed by atoms with Crippen molar-refractivity contribution in [2.75, 3.05) is 17.3 Å². The van der Waals surface area contributed by atoms with Gasteiger partial charge in [-0.15, -0.1) is 0 Å². The van der Waals surface area contributed by atoms with Crippen molar-refractivity contribution in [1.29, 1.82) is 0 Å². The summed E-state index contributed by atoms with van der Waals surface area (Å²) in [5.41, 5.74) is 11.6. The SMILES string of the molecule is CCC1CCCCN1Nc1nc(NC2CCC(N)CC2)nc2c1ncn2C1CCCC1. The molecule has 3 fully saturated rings. The predicted molar refractivity (Wildman–Crippen MR) is 125 cm³/mol.